The number of carbonyl (C=O) groups excluding carboxylic acids is 2. The summed E-state index contributed by atoms with van der Waals surface area (Å²) in [6.45, 7) is 0.151. The zero-order chi connectivity index (χ0) is 22.3. The number of nitrogens with one attached hydrogen (secondary N) is 1. The summed E-state index contributed by atoms with van der Waals surface area (Å²) in [6.07, 6.45) is 1.91. The van der Waals surface area contributed by atoms with Gasteiger partial charge in [-0.15, -0.1) is 0 Å². The van der Waals surface area contributed by atoms with Crippen molar-refractivity contribution in [2.24, 2.45) is 16.1 Å². The predicted molar refractivity (Wildman–Crippen MR) is 116 cm³/mol. The van der Waals surface area contributed by atoms with Crippen LogP contribution in [0.2, 0.25) is 0 Å². The molecule has 0 unspecified atom stereocenters. The number of nitrogens with zero attached hydrogens (tertiary/aromatic N) is 3. The molecule has 1 heterocycles. The summed E-state index contributed by atoms with van der Waals surface area (Å²) in [5, 5.41) is 10.9. The Hall–Kier alpha value is -3.11. The van der Waals surface area contributed by atoms with E-state index in [1.165, 1.54) is 4.31 Å². The number of anilines is 1. The first-order valence-corrected chi connectivity index (χ1v) is 11.6. The first-order chi connectivity index (χ1) is 14.8. The van der Waals surface area contributed by atoms with Crippen molar-refractivity contribution in [2.45, 2.75) is 12.8 Å². The Morgan fingerprint density at radius 2 is 1.58 bits per heavy atom. The van der Waals surface area contributed by atoms with Gasteiger partial charge in [-0.2, -0.15) is 10.2 Å². The number of hydrogen-bond acceptors (Lipinski definition) is 7. The van der Waals surface area contributed by atoms with Crippen molar-refractivity contribution >= 4 is 39.0 Å². The lowest BCUT2D eigenvalue weighted by Crippen LogP contribution is -2.40. The molecule has 0 saturated carbocycles. The van der Waals surface area contributed by atoms with Crippen LogP contribution >= 0.6 is 0 Å². The van der Waals surface area contributed by atoms with Crippen LogP contribution in [0.25, 0.3) is 0 Å². The van der Waals surface area contributed by atoms with Gasteiger partial charge in [0.2, 0.25) is 10.0 Å². The van der Waals surface area contributed by atoms with Crippen LogP contribution in [0.4, 0.5) is 17.1 Å². The van der Waals surface area contributed by atoms with Crippen molar-refractivity contribution in [1.29, 1.82) is 0 Å². The first-order valence-electron chi connectivity index (χ1n) is 9.80. The van der Waals surface area contributed by atoms with Crippen molar-refractivity contribution in [3.05, 3.63) is 54.6 Å². The molecule has 0 aromatic heterocycles. The smallest absolute Gasteiger partial charge is 0.309 e. The summed E-state index contributed by atoms with van der Waals surface area (Å²) in [4.78, 5) is 24.2. The lowest BCUT2D eigenvalue weighted by molar-refractivity contribution is -0.152. The standard InChI is InChI=1S/C21H24N4O5S/c1-31(28,29)25-13-11-16(12-14-25)21(27)30-15-20(26)22-17-7-9-19(10-8-17)24-23-18-5-3-2-4-6-18/h2-10,16H,11-15H2,1H3,(H,22,26). The van der Waals surface area contributed by atoms with Crippen LogP contribution in [0.1, 0.15) is 12.8 Å². The Bertz CT molecular complexity index is 1030. The molecular formula is C21H24N4O5S. The number of piperidine rings is 1. The van der Waals surface area contributed by atoms with Gasteiger partial charge in [0, 0.05) is 18.8 Å². The van der Waals surface area contributed by atoms with Crippen LogP contribution in [0.15, 0.2) is 64.8 Å². The average molecular weight is 445 g/mol. The molecule has 0 bridgehead atoms. The molecule has 164 valence electrons. The lowest BCUT2D eigenvalue weighted by Gasteiger charge is -2.28. The van der Waals surface area contributed by atoms with E-state index in [2.05, 4.69) is 15.5 Å². The van der Waals surface area contributed by atoms with Crippen molar-refractivity contribution in [3.63, 3.8) is 0 Å². The number of carbonyl (C=O) groups is 2. The Morgan fingerprint density at radius 1 is 1.00 bits per heavy atom. The van der Waals surface area contributed by atoms with E-state index in [9.17, 15) is 18.0 Å². The molecule has 1 aliphatic heterocycles. The van der Waals surface area contributed by atoms with E-state index in [1.54, 1.807) is 24.3 Å². The minimum Gasteiger partial charge on any atom is -0.455 e. The van der Waals surface area contributed by atoms with E-state index in [-0.39, 0.29) is 13.1 Å². The van der Waals surface area contributed by atoms with Gasteiger partial charge in [0.15, 0.2) is 6.61 Å². The van der Waals surface area contributed by atoms with Gasteiger partial charge in [-0.3, -0.25) is 9.59 Å². The summed E-state index contributed by atoms with van der Waals surface area (Å²) in [5.74, 6) is -1.35. The zero-order valence-corrected chi connectivity index (χ0v) is 17.9. The highest BCUT2D eigenvalue weighted by Crippen LogP contribution is 2.21. The molecule has 0 radical (unpaired) electrons. The molecule has 9 nitrogen and oxygen atoms in total. The van der Waals surface area contributed by atoms with Crippen LogP contribution in [-0.4, -0.2) is 50.6 Å². The summed E-state index contributed by atoms with van der Waals surface area (Å²) in [6, 6.07) is 16.1. The van der Waals surface area contributed by atoms with E-state index in [4.69, 9.17) is 4.74 Å². The summed E-state index contributed by atoms with van der Waals surface area (Å²) in [5.41, 5.74) is 1.92. The monoisotopic (exact) mass is 444 g/mol. The highest BCUT2D eigenvalue weighted by atomic mass is 32.2. The minimum absolute atomic E-state index is 0.277. The quantitative estimate of drug-likeness (QED) is 0.520. The summed E-state index contributed by atoms with van der Waals surface area (Å²) >= 11 is 0. The molecule has 1 aliphatic rings. The van der Waals surface area contributed by atoms with E-state index in [0.717, 1.165) is 11.9 Å². The number of azo groups is 1. The Kier molecular flexibility index (Phi) is 7.48. The zero-order valence-electron chi connectivity index (χ0n) is 17.1. The predicted octanol–water partition coefficient (Wildman–Crippen LogP) is 3.26. The normalized spacial score (nSPS) is 15.6. The molecule has 1 amide bonds. The topological polar surface area (TPSA) is 118 Å². The third kappa shape index (κ3) is 6.97. The Morgan fingerprint density at radius 3 is 2.16 bits per heavy atom. The highest BCUT2D eigenvalue weighted by molar-refractivity contribution is 7.88. The second-order valence-corrected chi connectivity index (χ2v) is 9.16. The fourth-order valence-corrected chi connectivity index (χ4v) is 3.97. The van der Waals surface area contributed by atoms with Crippen LogP contribution in [0.5, 0.6) is 0 Å². The van der Waals surface area contributed by atoms with Gasteiger partial charge in [-0.25, -0.2) is 12.7 Å². The molecule has 2 aromatic carbocycles. The lowest BCUT2D eigenvalue weighted by atomic mass is 9.98. The largest absolute Gasteiger partial charge is 0.455 e. The van der Waals surface area contributed by atoms with Gasteiger partial charge >= 0.3 is 5.97 Å². The number of benzene rings is 2. The maximum atomic E-state index is 12.2. The number of hydrogen-bond donors (Lipinski definition) is 1. The van der Waals surface area contributed by atoms with Gasteiger partial charge in [0.25, 0.3) is 5.91 Å². The molecular weight excluding hydrogens is 420 g/mol. The molecule has 1 N–H and O–H groups in total. The van der Waals surface area contributed by atoms with E-state index in [1.807, 2.05) is 30.3 Å². The maximum Gasteiger partial charge on any atom is 0.309 e. The molecule has 0 aliphatic carbocycles. The molecule has 0 atom stereocenters. The number of ether oxygens (including phenoxy) is 1. The second-order valence-electron chi connectivity index (χ2n) is 7.17. The molecule has 1 fully saturated rings. The van der Waals surface area contributed by atoms with E-state index in [0.29, 0.717) is 24.2 Å². The number of esters is 1. The van der Waals surface area contributed by atoms with Crippen molar-refractivity contribution in [2.75, 3.05) is 31.3 Å². The van der Waals surface area contributed by atoms with Crippen LogP contribution in [-0.2, 0) is 24.3 Å². The Balaban J connectivity index is 1.42. The molecule has 2 aromatic rings. The Labute approximate surface area is 181 Å². The van der Waals surface area contributed by atoms with Crippen LogP contribution in [0.3, 0.4) is 0 Å². The van der Waals surface area contributed by atoms with Gasteiger partial charge in [0.1, 0.15) is 0 Å². The van der Waals surface area contributed by atoms with Crippen molar-refractivity contribution in [1.82, 2.24) is 4.31 Å². The number of sulfonamides is 1. The average Bonchev–Trinajstić information content (AvgIpc) is 2.77. The fraction of sp³-hybridized carbons (Fsp3) is 0.333. The van der Waals surface area contributed by atoms with E-state index >= 15 is 0 Å². The highest BCUT2D eigenvalue weighted by Gasteiger charge is 2.30. The van der Waals surface area contributed by atoms with Crippen LogP contribution < -0.4 is 5.32 Å². The van der Waals surface area contributed by atoms with Gasteiger partial charge in [-0.05, 0) is 49.2 Å². The second kappa shape index (κ2) is 10.3. The summed E-state index contributed by atoms with van der Waals surface area (Å²) in [7, 11) is -3.25. The van der Waals surface area contributed by atoms with Gasteiger partial charge < -0.3 is 10.1 Å². The molecule has 1 saturated heterocycles. The molecule has 10 heteroatoms. The SMILES string of the molecule is CS(=O)(=O)N1CCC(C(=O)OCC(=O)Nc2ccc(N=Nc3ccccc3)cc2)CC1. The minimum atomic E-state index is -3.25. The first kappa shape index (κ1) is 22.6. The van der Waals surface area contributed by atoms with Crippen LogP contribution in [0, 0.1) is 5.92 Å². The maximum absolute atomic E-state index is 12.2. The van der Waals surface area contributed by atoms with Gasteiger partial charge in [0.05, 0.1) is 23.5 Å². The third-order valence-electron chi connectivity index (χ3n) is 4.79. The van der Waals surface area contributed by atoms with Crippen molar-refractivity contribution in [3.8, 4) is 0 Å². The number of rotatable bonds is 7. The molecule has 0 spiro atoms. The van der Waals surface area contributed by atoms with E-state index < -0.39 is 34.4 Å². The van der Waals surface area contributed by atoms with Gasteiger partial charge in [-0.1, -0.05) is 18.2 Å². The summed E-state index contributed by atoms with van der Waals surface area (Å²) < 4.78 is 29.5. The fourth-order valence-electron chi connectivity index (χ4n) is 3.10. The molecule has 31 heavy (non-hydrogen) atoms. The van der Waals surface area contributed by atoms with Crippen molar-refractivity contribution < 1.29 is 22.7 Å². The third-order valence-corrected chi connectivity index (χ3v) is 6.09. The number of amides is 1. The molecule has 3 rings (SSSR count).